The normalized spacial score (nSPS) is 48.4. The molecule has 0 aromatic carbocycles. The summed E-state index contributed by atoms with van der Waals surface area (Å²) in [6, 6.07) is 0.0994. The number of carbonyl (C=O) groups is 2. The molecular weight excluding hydrogens is 492 g/mol. The zero-order valence-corrected chi connectivity index (χ0v) is 24.5. The summed E-state index contributed by atoms with van der Waals surface area (Å²) in [6.45, 7) is 10.7. The lowest BCUT2D eigenvalue weighted by molar-refractivity contribution is -0.272. The van der Waals surface area contributed by atoms with Gasteiger partial charge in [0.2, 0.25) is 11.8 Å². The smallest absolute Gasteiger partial charge is 0.229 e. The van der Waals surface area contributed by atoms with Crippen molar-refractivity contribution in [2.75, 3.05) is 19.8 Å². The van der Waals surface area contributed by atoms with E-state index in [1.807, 2.05) is 0 Å². The lowest BCUT2D eigenvalue weighted by Gasteiger charge is -2.58. The highest BCUT2D eigenvalue weighted by Gasteiger charge is 2.68. The van der Waals surface area contributed by atoms with E-state index in [1.165, 1.54) is 31.3 Å². The molecule has 6 rings (SSSR count). The van der Waals surface area contributed by atoms with E-state index in [-0.39, 0.29) is 48.6 Å². The zero-order chi connectivity index (χ0) is 27.6. The molecular formula is C32H50N2O5. The van der Waals surface area contributed by atoms with Crippen molar-refractivity contribution in [1.82, 2.24) is 10.6 Å². The number of hydrogen-bond acceptors (Lipinski definition) is 5. The second kappa shape index (κ2) is 10.1. The van der Waals surface area contributed by atoms with Crippen molar-refractivity contribution in [3.63, 3.8) is 0 Å². The van der Waals surface area contributed by atoms with Gasteiger partial charge in [-0.1, -0.05) is 39.3 Å². The fourth-order valence-electron chi connectivity index (χ4n) is 10.5. The van der Waals surface area contributed by atoms with Gasteiger partial charge >= 0.3 is 0 Å². The first kappa shape index (κ1) is 27.7. The number of aliphatic hydroxyl groups excluding tert-OH is 1. The number of rotatable bonds is 5. The molecule has 5 fully saturated rings. The molecule has 2 aliphatic heterocycles. The molecule has 2 saturated heterocycles. The van der Waals surface area contributed by atoms with E-state index < -0.39 is 0 Å². The third kappa shape index (κ3) is 4.50. The predicted octanol–water partition coefficient (Wildman–Crippen LogP) is 4.34. The van der Waals surface area contributed by atoms with Gasteiger partial charge in [0.25, 0.3) is 0 Å². The van der Waals surface area contributed by atoms with Crippen LogP contribution in [0, 0.1) is 46.3 Å². The van der Waals surface area contributed by atoms with Crippen molar-refractivity contribution in [1.29, 1.82) is 0 Å². The fourth-order valence-corrected chi connectivity index (χ4v) is 10.5. The summed E-state index contributed by atoms with van der Waals surface area (Å²) in [5.41, 5.74) is 2.06. The van der Waals surface area contributed by atoms with Crippen molar-refractivity contribution in [2.24, 2.45) is 46.3 Å². The number of fused-ring (bicyclic) bond motifs is 7. The first-order valence-corrected chi connectivity index (χ1v) is 15.8. The van der Waals surface area contributed by atoms with Gasteiger partial charge in [-0.15, -0.1) is 0 Å². The summed E-state index contributed by atoms with van der Waals surface area (Å²) in [5, 5.41) is 14.6. The maximum Gasteiger partial charge on any atom is 0.229 e. The number of allylic oxidation sites excluding steroid dienone is 1. The van der Waals surface area contributed by atoms with Crippen molar-refractivity contribution >= 4 is 11.8 Å². The fraction of sp³-hybridized carbons (Fsp3) is 0.875. The highest BCUT2D eigenvalue weighted by molar-refractivity contribution is 5.96. The molecule has 0 aromatic rings. The van der Waals surface area contributed by atoms with E-state index >= 15 is 0 Å². The van der Waals surface area contributed by atoms with Crippen LogP contribution < -0.4 is 10.6 Å². The highest BCUT2D eigenvalue weighted by Crippen LogP contribution is 2.70. The Labute approximate surface area is 234 Å². The van der Waals surface area contributed by atoms with Crippen LogP contribution in [0.5, 0.6) is 0 Å². The van der Waals surface area contributed by atoms with Crippen LogP contribution in [0.2, 0.25) is 0 Å². The minimum atomic E-state index is -0.347. The number of amides is 2. The number of hydrogen-bond donors (Lipinski definition) is 3. The molecule has 3 N–H and O–H groups in total. The summed E-state index contributed by atoms with van der Waals surface area (Å²) in [7, 11) is 0. The Morgan fingerprint density at radius 2 is 1.90 bits per heavy atom. The highest BCUT2D eigenvalue weighted by atomic mass is 16.7. The van der Waals surface area contributed by atoms with Crippen molar-refractivity contribution in [3.8, 4) is 0 Å². The quantitative estimate of drug-likeness (QED) is 0.355. The van der Waals surface area contributed by atoms with Gasteiger partial charge < -0.3 is 25.2 Å². The Bertz CT molecular complexity index is 1000. The molecule has 7 heteroatoms. The van der Waals surface area contributed by atoms with Gasteiger partial charge in [0.05, 0.1) is 19.3 Å². The van der Waals surface area contributed by atoms with Crippen LogP contribution in [0.3, 0.4) is 0 Å². The van der Waals surface area contributed by atoms with Gasteiger partial charge in [-0.25, -0.2) is 0 Å². The average molecular weight is 543 g/mol. The Morgan fingerprint density at radius 3 is 2.64 bits per heavy atom. The first-order chi connectivity index (χ1) is 18.6. The molecule has 2 heterocycles. The second-order valence-electron chi connectivity index (χ2n) is 14.5. The van der Waals surface area contributed by atoms with Crippen LogP contribution in [-0.4, -0.2) is 54.6 Å². The van der Waals surface area contributed by atoms with E-state index in [2.05, 4.69) is 44.4 Å². The standard InChI is InChI=1S/C32H50N2O5/c1-19-7-12-32(38-18-19)20(2)29-26(39-32)16-25-23-6-5-21-15-22(34-28(37)17-27(36)33-13-14-35)8-10-30(21,3)24(23)9-11-31(25,29)4/h5,19-20,22-26,29,35H,6-18H2,1-4H3,(H,33,36)(H,34,37)/t19-,20+,22+,23-,24+,25+,26+,29+,30+,31+,32-/m1/s1. The largest absolute Gasteiger partial charge is 0.395 e. The molecule has 0 unspecified atom stereocenters. The van der Waals surface area contributed by atoms with Crippen LogP contribution in [0.15, 0.2) is 11.6 Å². The molecule has 11 atom stereocenters. The first-order valence-electron chi connectivity index (χ1n) is 15.8. The van der Waals surface area contributed by atoms with E-state index in [9.17, 15) is 9.59 Å². The number of ether oxygens (including phenoxy) is 2. The van der Waals surface area contributed by atoms with Gasteiger partial charge in [0.15, 0.2) is 5.79 Å². The topological polar surface area (TPSA) is 96.9 Å². The van der Waals surface area contributed by atoms with Crippen LogP contribution in [0.1, 0.15) is 91.9 Å². The molecule has 6 aliphatic rings. The summed E-state index contributed by atoms with van der Waals surface area (Å²) < 4.78 is 13.4. The molecule has 0 radical (unpaired) electrons. The Kier molecular flexibility index (Phi) is 7.20. The van der Waals surface area contributed by atoms with E-state index in [1.54, 1.807) is 0 Å². The van der Waals surface area contributed by atoms with Crippen LogP contribution in [0.25, 0.3) is 0 Å². The molecule has 0 aromatic heterocycles. The van der Waals surface area contributed by atoms with Crippen molar-refractivity contribution < 1.29 is 24.2 Å². The summed E-state index contributed by atoms with van der Waals surface area (Å²) in [4.78, 5) is 24.4. The van der Waals surface area contributed by atoms with Gasteiger partial charge in [0, 0.05) is 24.9 Å². The Morgan fingerprint density at radius 1 is 1.08 bits per heavy atom. The molecule has 3 saturated carbocycles. The maximum absolute atomic E-state index is 12.5. The number of nitrogens with one attached hydrogen (secondary N) is 2. The minimum absolute atomic E-state index is 0.0994. The SMILES string of the molecule is C[C@@H]1CC[C@@]2(OC1)O[C@H]1C[C@H]3[C@@H]4CC=C5C[C@@H](NC(=O)CC(=O)NCCO)CC[C@]5(C)[C@H]4CC[C@]3(C)[C@H]1[C@@H]2C. The Balaban J connectivity index is 1.13. The zero-order valence-electron chi connectivity index (χ0n) is 24.5. The van der Waals surface area contributed by atoms with Crippen molar-refractivity contribution in [2.45, 2.75) is 110 Å². The molecule has 2 amide bonds. The molecule has 1 spiro atoms. The lowest BCUT2D eigenvalue weighted by atomic mass is 9.46. The molecule has 0 bridgehead atoms. The molecule has 4 aliphatic carbocycles. The Hall–Kier alpha value is -1.44. The maximum atomic E-state index is 12.5. The van der Waals surface area contributed by atoms with E-state index in [0.717, 1.165) is 38.7 Å². The third-order valence-electron chi connectivity index (χ3n) is 12.5. The van der Waals surface area contributed by atoms with Gasteiger partial charge in [-0.3, -0.25) is 9.59 Å². The average Bonchev–Trinajstić information content (AvgIpc) is 3.34. The molecule has 7 nitrogen and oxygen atoms in total. The minimum Gasteiger partial charge on any atom is -0.395 e. The summed E-state index contributed by atoms with van der Waals surface area (Å²) in [6.07, 6.45) is 12.8. The summed E-state index contributed by atoms with van der Waals surface area (Å²) >= 11 is 0. The van der Waals surface area contributed by atoms with Crippen LogP contribution in [0.4, 0.5) is 0 Å². The van der Waals surface area contributed by atoms with E-state index in [4.69, 9.17) is 14.6 Å². The lowest BCUT2D eigenvalue weighted by Crippen LogP contribution is -2.53. The predicted molar refractivity (Wildman–Crippen MR) is 148 cm³/mol. The molecule has 218 valence electrons. The van der Waals surface area contributed by atoms with Crippen molar-refractivity contribution in [3.05, 3.63) is 11.6 Å². The second-order valence-corrected chi connectivity index (χ2v) is 14.5. The van der Waals surface area contributed by atoms with Gasteiger partial charge in [-0.05, 0) is 91.8 Å². The van der Waals surface area contributed by atoms with Crippen LogP contribution in [-0.2, 0) is 19.1 Å². The van der Waals surface area contributed by atoms with E-state index in [0.29, 0.717) is 47.0 Å². The number of aliphatic hydroxyl groups is 1. The number of carbonyl (C=O) groups excluding carboxylic acids is 2. The molecule has 39 heavy (non-hydrogen) atoms. The van der Waals surface area contributed by atoms with Gasteiger partial charge in [-0.2, -0.15) is 0 Å². The summed E-state index contributed by atoms with van der Waals surface area (Å²) in [5.74, 6) is 2.90. The third-order valence-corrected chi connectivity index (χ3v) is 12.5. The van der Waals surface area contributed by atoms with Gasteiger partial charge in [0.1, 0.15) is 6.42 Å². The monoisotopic (exact) mass is 542 g/mol. The van der Waals surface area contributed by atoms with Crippen LogP contribution >= 0.6 is 0 Å².